The van der Waals surface area contributed by atoms with Crippen LogP contribution in [0.1, 0.15) is 10.4 Å². The molecule has 4 nitrogen and oxygen atoms in total. The molecule has 23 heavy (non-hydrogen) atoms. The van der Waals surface area contributed by atoms with Gasteiger partial charge >= 0.3 is 5.97 Å². The highest BCUT2D eigenvalue weighted by Gasteiger charge is 2.15. The number of hydrogen-bond donors (Lipinski definition) is 1. The van der Waals surface area contributed by atoms with Crippen LogP contribution in [0.4, 0.5) is 0 Å². The van der Waals surface area contributed by atoms with E-state index >= 15 is 0 Å². The molecule has 0 spiro atoms. The molecule has 3 rings (SSSR count). The van der Waals surface area contributed by atoms with Gasteiger partial charge in [0.05, 0.1) is 0 Å². The molecule has 0 heterocycles. The second-order valence-corrected chi connectivity index (χ2v) is 4.97. The van der Waals surface area contributed by atoms with Crippen molar-refractivity contribution in [3.8, 4) is 11.5 Å². The van der Waals surface area contributed by atoms with Gasteiger partial charge in [0, 0.05) is 0 Å². The average Bonchev–Trinajstić information content (AvgIpc) is 2.59. The van der Waals surface area contributed by atoms with Gasteiger partial charge in [-0.1, -0.05) is 48.5 Å². The fourth-order valence-corrected chi connectivity index (χ4v) is 2.42. The van der Waals surface area contributed by atoms with Crippen LogP contribution < -0.4 is 9.47 Å². The van der Waals surface area contributed by atoms with Crippen molar-refractivity contribution in [2.24, 2.45) is 0 Å². The second-order valence-electron chi connectivity index (χ2n) is 4.97. The molecular formula is C19H16O4. The molecule has 1 N–H and O–H groups in total. The van der Waals surface area contributed by atoms with Crippen LogP contribution in [-0.4, -0.2) is 24.3 Å². The topological polar surface area (TPSA) is 55.8 Å². The van der Waals surface area contributed by atoms with Crippen molar-refractivity contribution in [1.82, 2.24) is 0 Å². The Morgan fingerprint density at radius 2 is 1.52 bits per heavy atom. The molecule has 3 aromatic carbocycles. The van der Waals surface area contributed by atoms with E-state index in [9.17, 15) is 9.90 Å². The van der Waals surface area contributed by atoms with Crippen LogP contribution in [0.2, 0.25) is 0 Å². The molecule has 0 saturated carbocycles. The summed E-state index contributed by atoms with van der Waals surface area (Å²) >= 11 is 0. The van der Waals surface area contributed by atoms with Gasteiger partial charge in [-0.15, -0.1) is 0 Å². The summed E-state index contributed by atoms with van der Waals surface area (Å²) in [5.41, 5.74) is 0.183. The summed E-state index contributed by atoms with van der Waals surface area (Å²) in [5, 5.41) is 11.0. The first kappa shape index (κ1) is 14.9. The molecule has 0 aliphatic heterocycles. The van der Waals surface area contributed by atoms with Crippen molar-refractivity contribution >= 4 is 16.7 Å². The van der Waals surface area contributed by atoms with Crippen LogP contribution in [0.5, 0.6) is 11.5 Å². The zero-order valence-corrected chi connectivity index (χ0v) is 12.4. The van der Waals surface area contributed by atoms with Gasteiger partial charge in [0.15, 0.2) is 0 Å². The monoisotopic (exact) mass is 308 g/mol. The van der Waals surface area contributed by atoms with E-state index in [4.69, 9.17) is 9.47 Å². The molecule has 116 valence electrons. The fraction of sp³-hybridized carbons (Fsp3) is 0.105. The van der Waals surface area contributed by atoms with Gasteiger partial charge in [0.2, 0.25) is 0 Å². The molecule has 0 fully saturated rings. The van der Waals surface area contributed by atoms with Crippen molar-refractivity contribution in [3.05, 3.63) is 72.3 Å². The number of benzene rings is 3. The minimum atomic E-state index is -0.999. The largest absolute Gasteiger partial charge is 0.490 e. The van der Waals surface area contributed by atoms with Gasteiger partial charge in [-0.05, 0) is 29.0 Å². The number of aromatic carboxylic acids is 1. The summed E-state index contributed by atoms with van der Waals surface area (Å²) in [4.78, 5) is 11.6. The minimum Gasteiger partial charge on any atom is -0.490 e. The highest BCUT2D eigenvalue weighted by Crippen LogP contribution is 2.28. The molecule has 0 aliphatic carbocycles. The van der Waals surface area contributed by atoms with Crippen LogP contribution >= 0.6 is 0 Å². The molecule has 0 saturated heterocycles. The number of carboxylic acid groups (broad SMARTS) is 1. The number of para-hydroxylation sites is 1. The van der Waals surface area contributed by atoms with Gasteiger partial charge < -0.3 is 14.6 Å². The molecule has 3 aromatic rings. The molecule has 0 amide bonds. The predicted octanol–water partition coefficient (Wildman–Crippen LogP) is 4.00. The lowest BCUT2D eigenvalue weighted by atomic mass is 10.0. The lowest BCUT2D eigenvalue weighted by molar-refractivity contribution is 0.0693. The Kier molecular flexibility index (Phi) is 4.43. The summed E-state index contributed by atoms with van der Waals surface area (Å²) in [6.45, 7) is 0.614. The summed E-state index contributed by atoms with van der Waals surface area (Å²) in [6.07, 6.45) is 0. The van der Waals surface area contributed by atoms with Crippen molar-refractivity contribution in [3.63, 3.8) is 0 Å². The Labute approximate surface area is 133 Å². The number of hydrogen-bond acceptors (Lipinski definition) is 3. The maximum absolute atomic E-state index is 11.6. The first-order valence-electron chi connectivity index (χ1n) is 7.31. The Balaban J connectivity index is 1.72. The number of ether oxygens (including phenoxy) is 2. The van der Waals surface area contributed by atoms with Crippen molar-refractivity contribution < 1.29 is 19.4 Å². The summed E-state index contributed by atoms with van der Waals surface area (Å²) in [5.74, 6) is 0.113. The molecular weight excluding hydrogens is 292 g/mol. The van der Waals surface area contributed by atoms with Crippen LogP contribution in [0.15, 0.2) is 66.7 Å². The first-order valence-corrected chi connectivity index (χ1v) is 7.31. The standard InChI is InChI=1S/C19H16O4/c20-19(21)18-16-9-5-4-6-14(16)10-11-17(18)23-13-12-22-15-7-2-1-3-8-15/h1-11H,12-13H2,(H,20,21). The second kappa shape index (κ2) is 6.83. The summed E-state index contributed by atoms with van der Waals surface area (Å²) < 4.78 is 11.2. The number of fused-ring (bicyclic) bond motifs is 1. The van der Waals surface area contributed by atoms with Gasteiger partial charge in [0.25, 0.3) is 0 Å². The van der Waals surface area contributed by atoms with E-state index < -0.39 is 5.97 Å². The molecule has 0 atom stereocenters. The molecule has 0 radical (unpaired) electrons. The zero-order chi connectivity index (χ0) is 16.1. The molecule has 4 heteroatoms. The third-order valence-electron chi connectivity index (χ3n) is 3.46. The van der Waals surface area contributed by atoms with E-state index in [1.54, 1.807) is 12.1 Å². The van der Waals surface area contributed by atoms with E-state index in [-0.39, 0.29) is 12.2 Å². The fourth-order valence-electron chi connectivity index (χ4n) is 2.42. The lowest BCUT2D eigenvalue weighted by Gasteiger charge is -2.12. The smallest absolute Gasteiger partial charge is 0.340 e. The Bertz CT molecular complexity index is 812. The van der Waals surface area contributed by atoms with E-state index in [1.165, 1.54) is 0 Å². The molecule has 0 unspecified atom stereocenters. The van der Waals surface area contributed by atoms with E-state index in [0.717, 1.165) is 11.1 Å². The Morgan fingerprint density at radius 3 is 2.30 bits per heavy atom. The third kappa shape index (κ3) is 3.43. The van der Waals surface area contributed by atoms with Gasteiger partial charge in [-0.3, -0.25) is 0 Å². The van der Waals surface area contributed by atoms with Gasteiger partial charge in [-0.2, -0.15) is 0 Å². The number of rotatable bonds is 6. The van der Waals surface area contributed by atoms with Crippen LogP contribution in [0, 0.1) is 0 Å². The Hall–Kier alpha value is -3.01. The molecule has 0 aliphatic rings. The quantitative estimate of drug-likeness (QED) is 0.699. The van der Waals surface area contributed by atoms with Crippen LogP contribution in [0.25, 0.3) is 10.8 Å². The van der Waals surface area contributed by atoms with Crippen LogP contribution in [-0.2, 0) is 0 Å². The maximum Gasteiger partial charge on any atom is 0.340 e. The van der Waals surface area contributed by atoms with Crippen molar-refractivity contribution in [1.29, 1.82) is 0 Å². The molecule has 0 aromatic heterocycles. The maximum atomic E-state index is 11.6. The van der Waals surface area contributed by atoms with Crippen molar-refractivity contribution in [2.75, 3.05) is 13.2 Å². The average molecular weight is 308 g/mol. The van der Waals surface area contributed by atoms with Crippen molar-refractivity contribution in [2.45, 2.75) is 0 Å². The summed E-state index contributed by atoms with van der Waals surface area (Å²) in [6, 6.07) is 20.3. The predicted molar refractivity (Wildman–Crippen MR) is 88.3 cm³/mol. The van der Waals surface area contributed by atoms with Gasteiger partial charge in [-0.25, -0.2) is 4.79 Å². The zero-order valence-electron chi connectivity index (χ0n) is 12.4. The lowest BCUT2D eigenvalue weighted by Crippen LogP contribution is -2.11. The first-order chi connectivity index (χ1) is 11.3. The number of carbonyl (C=O) groups is 1. The minimum absolute atomic E-state index is 0.183. The third-order valence-corrected chi connectivity index (χ3v) is 3.46. The SMILES string of the molecule is O=C(O)c1c(OCCOc2ccccc2)ccc2ccccc12. The Morgan fingerprint density at radius 1 is 0.826 bits per heavy atom. The highest BCUT2D eigenvalue weighted by molar-refractivity contribution is 6.06. The van der Waals surface area contributed by atoms with E-state index in [0.29, 0.717) is 17.7 Å². The van der Waals surface area contributed by atoms with E-state index in [2.05, 4.69) is 0 Å². The van der Waals surface area contributed by atoms with E-state index in [1.807, 2.05) is 54.6 Å². The normalized spacial score (nSPS) is 10.4. The highest BCUT2D eigenvalue weighted by atomic mass is 16.5. The number of carboxylic acids is 1. The van der Waals surface area contributed by atoms with Crippen LogP contribution in [0.3, 0.4) is 0 Å². The van der Waals surface area contributed by atoms with Gasteiger partial charge in [0.1, 0.15) is 30.3 Å². The molecule has 0 bridgehead atoms. The summed E-state index contributed by atoms with van der Waals surface area (Å²) in [7, 11) is 0.